The van der Waals surface area contributed by atoms with E-state index in [1.165, 1.54) is 19.1 Å². The van der Waals surface area contributed by atoms with Crippen molar-refractivity contribution in [1.29, 1.82) is 0 Å². The molecule has 2 aromatic carbocycles. The number of para-hydroxylation sites is 1. The molecule has 1 aliphatic carbocycles. The molecular formula is C29H33F2N4O10P. The molecule has 3 aromatic rings. The first kappa shape index (κ1) is 33.6. The van der Waals surface area contributed by atoms with Crippen LogP contribution in [0.5, 0.6) is 5.75 Å². The number of carbonyl (C=O) groups excluding carboxylic acids is 2. The average Bonchev–Trinajstić information content (AvgIpc) is 3.30. The van der Waals surface area contributed by atoms with E-state index in [0.717, 1.165) is 19.3 Å². The molecule has 1 amide bonds. The third-order valence-electron chi connectivity index (χ3n) is 7.67. The van der Waals surface area contributed by atoms with Crippen molar-refractivity contribution in [3.8, 4) is 5.75 Å². The predicted octanol–water partition coefficient (Wildman–Crippen LogP) is 2.45. The number of aliphatic hydroxyl groups is 2. The molecule has 2 aliphatic rings. The zero-order valence-electron chi connectivity index (χ0n) is 24.6. The molecule has 14 nitrogen and oxygen atoms in total. The van der Waals surface area contributed by atoms with Crippen molar-refractivity contribution < 1.29 is 51.7 Å². The number of halogens is 2. The van der Waals surface area contributed by atoms with Gasteiger partial charge in [-0.3, -0.25) is 23.5 Å². The molecule has 0 spiro atoms. The number of nitrogens with zero attached hydrogens (tertiary/aromatic N) is 2. The molecule has 1 aliphatic heterocycles. The van der Waals surface area contributed by atoms with E-state index in [1.807, 2.05) is 0 Å². The number of hydrogen-bond acceptors (Lipinski definition) is 11. The van der Waals surface area contributed by atoms with Crippen molar-refractivity contribution in [1.82, 2.24) is 14.6 Å². The molecule has 248 valence electrons. The lowest BCUT2D eigenvalue weighted by Crippen LogP contribution is -2.39. The van der Waals surface area contributed by atoms with Gasteiger partial charge in [0.15, 0.2) is 23.6 Å². The fourth-order valence-electron chi connectivity index (χ4n) is 5.31. The highest BCUT2D eigenvalue weighted by molar-refractivity contribution is 7.52. The third kappa shape index (κ3) is 7.27. The molecule has 2 heterocycles. The van der Waals surface area contributed by atoms with Crippen LogP contribution in [0.4, 0.5) is 8.78 Å². The highest BCUT2D eigenvalue weighted by Gasteiger charge is 2.46. The van der Waals surface area contributed by atoms with Crippen molar-refractivity contribution >= 4 is 30.7 Å². The Labute approximate surface area is 261 Å². The minimum atomic E-state index is -4.43. The zero-order valence-corrected chi connectivity index (χ0v) is 25.5. The van der Waals surface area contributed by atoms with E-state index in [9.17, 15) is 37.9 Å². The molecule has 46 heavy (non-hydrogen) atoms. The summed E-state index contributed by atoms with van der Waals surface area (Å²) < 4.78 is 65.2. The molecule has 2 fully saturated rings. The normalized spacial score (nSPS) is 23.9. The van der Waals surface area contributed by atoms with Gasteiger partial charge in [-0.2, -0.15) is 5.09 Å². The van der Waals surface area contributed by atoms with E-state index in [2.05, 4.69) is 10.1 Å². The van der Waals surface area contributed by atoms with Gasteiger partial charge in [0.2, 0.25) is 0 Å². The summed E-state index contributed by atoms with van der Waals surface area (Å²) in [5.41, 5.74) is 2.45. The first-order valence-corrected chi connectivity index (χ1v) is 16.1. The second kappa shape index (κ2) is 13.9. The van der Waals surface area contributed by atoms with Crippen LogP contribution < -0.4 is 20.9 Å². The lowest BCUT2D eigenvalue weighted by atomic mass is 9.98. The van der Waals surface area contributed by atoms with Crippen LogP contribution >= 0.6 is 7.75 Å². The van der Waals surface area contributed by atoms with Gasteiger partial charge in [0.1, 0.15) is 36.2 Å². The van der Waals surface area contributed by atoms with E-state index in [4.69, 9.17) is 24.3 Å². The van der Waals surface area contributed by atoms with Gasteiger partial charge >= 0.3 is 13.7 Å². The number of nitrogens with two attached hydrogens (primary N) is 1. The molecule has 5 rings (SSSR count). The van der Waals surface area contributed by atoms with Gasteiger partial charge in [0.25, 0.3) is 11.5 Å². The molecular weight excluding hydrogens is 633 g/mol. The SMILES string of the molecule is C[C@H](N[P@](=O)(OC[C@H]1O[C@@H](n2c(=O)c(C(N)=O)nc3cc(F)c(F)cc32)[C@H](O)[C@@H]1O)Oc1ccccc1)C(=O)OC1CCCCC1. The Hall–Kier alpha value is -3.79. The molecule has 1 saturated heterocycles. The zero-order chi connectivity index (χ0) is 33.2. The standard InChI is InChI=1S/C29H33F2N4O10P/c1-15(29(40)43-16-8-4-2-5-9-16)34-46(41,45-17-10-6-3-7-11-17)42-14-22-24(36)25(37)28(44-22)35-21-13-19(31)18(30)12-20(21)33-23(26(32)38)27(35)39/h3,6-7,10-13,15-16,22,24-25,28,36-37H,2,4-5,8-9,14H2,1H3,(H2,32,38)(H,34,41)/t15-,22+,24+,25+,28+,46-/m0/s1. The molecule has 1 saturated carbocycles. The number of hydrogen-bond donors (Lipinski definition) is 4. The number of benzene rings is 2. The van der Waals surface area contributed by atoms with Gasteiger partial charge in [-0.05, 0) is 44.7 Å². The molecule has 0 radical (unpaired) electrons. The lowest BCUT2D eigenvalue weighted by molar-refractivity contribution is -0.152. The van der Waals surface area contributed by atoms with E-state index < -0.39 is 79.7 Å². The van der Waals surface area contributed by atoms with Crippen LogP contribution in [0.1, 0.15) is 55.7 Å². The van der Waals surface area contributed by atoms with Crippen molar-refractivity contribution in [2.75, 3.05) is 6.61 Å². The summed E-state index contributed by atoms with van der Waals surface area (Å²) in [4.78, 5) is 41.6. The summed E-state index contributed by atoms with van der Waals surface area (Å²) in [5.74, 6) is -4.57. The van der Waals surface area contributed by atoms with Crippen LogP contribution in [0.3, 0.4) is 0 Å². The van der Waals surface area contributed by atoms with Crippen molar-refractivity contribution in [3.05, 3.63) is 70.1 Å². The molecule has 6 atom stereocenters. The summed E-state index contributed by atoms with van der Waals surface area (Å²) in [6.45, 7) is 0.690. The highest BCUT2D eigenvalue weighted by Crippen LogP contribution is 2.46. The Morgan fingerprint density at radius 1 is 1.13 bits per heavy atom. The summed E-state index contributed by atoms with van der Waals surface area (Å²) in [6.07, 6.45) is -2.90. The quantitative estimate of drug-likeness (QED) is 0.172. The first-order valence-electron chi connectivity index (χ1n) is 14.6. The number of nitrogens with one attached hydrogen (secondary N) is 1. The smallest absolute Gasteiger partial charge is 0.459 e. The summed E-state index contributed by atoms with van der Waals surface area (Å²) in [6, 6.07) is 7.95. The Balaban J connectivity index is 1.38. The second-order valence-electron chi connectivity index (χ2n) is 11.0. The summed E-state index contributed by atoms with van der Waals surface area (Å²) >= 11 is 0. The predicted molar refractivity (Wildman–Crippen MR) is 157 cm³/mol. The third-order valence-corrected chi connectivity index (χ3v) is 9.32. The largest absolute Gasteiger partial charge is 0.461 e. The highest BCUT2D eigenvalue weighted by atomic mass is 31.2. The maximum absolute atomic E-state index is 14.2. The maximum Gasteiger partial charge on any atom is 0.459 e. The average molecular weight is 667 g/mol. The first-order chi connectivity index (χ1) is 21.9. The van der Waals surface area contributed by atoms with Crippen LogP contribution in [0.2, 0.25) is 0 Å². The molecule has 17 heteroatoms. The van der Waals surface area contributed by atoms with Crippen molar-refractivity contribution in [2.24, 2.45) is 5.73 Å². The second-order valence-corrected chi connectivity index (χ2v) is 12.7. The maximum atomic E-state index is 14.2. The minimum absolute atomic E-state index is 0.111. The number of carbonyl (C=O) groups is 2. The van der Waals surface area contributed by atoms with Crippen LogP contribution in [-0.4, -0.2) is 68.7 Å². The van der Waals surface area contributed by atoms with E-state index in [1.54, 1.807) is 18.2 Å². The van der Waals surface area contributed by atoms with Gasteiger partial charge < -0.3 is 29.9 Å². The van der Waals surface area contributed by atoms with Crippen molar-refractivity contribution in [3.63, 3.8) is 0 Å². The van der Waals surface area contributed by atoms with E-state index in [0.29, 0.717) is 29.5 Å². The monoisotopic (exact) mass is 666 g/mol. The number of esters is 1. The number of amides is 1. The van der Waals surface area contributed by atoms with E-state index in [-0.39, 0.29) is 22.9 Å². The Morgan fingerprint density at radius 3 is 2.48 bits per heavy atom. The molecule has 0 bridgehead atoms. The Bertz CT molecular complexity index is 1700. The Morgan fingerprint density at radius 2 is 1.80 bits per heavy atom. The summed E-state index contributed by atoms with van der Waals surface area (Å²) in [7, 11) is -4.43. The van der Waals surface area contributed by atoms with E-state index >= 15 is 0 Å². The van der Waals surface area contributed by atoms with Gasteiger partial charge in [0.05, 0.1) is 17.6 Å². The van der Waals surface area contributed by atoms with Gasteiger partial charge in [-0.25, -0.2) is 18.3 Å². The fraction of sp³-hybridized carbons (Fsp3) is 0.448. The number of rotatable bonds is 11. The number of aromatic nitrogens is 2. The van der Waals surface area contributed by atoms with Crippen LogP contribution in [0.15, 0.2) is 47.3 Å². The van der Waals surface area contributed by atoms with Crippen molar-refractivity contribution in [2.45, 2.75) is 75.7 Å². The number of primary amides is 1. The molecule has 0 unspecified atom stereocenters. The van der Waals surface area contributed by atoms with Crippen LogP contribution in [0, 0.1) is 11.6 Å². The van der Waals surface area contributed by atoms with Gasteiger partial charge in [0, 0.05) is 12.1 Å². The lowest BCUT2D eigenvalue weighted by Gasteiger charge is -2.27. The Kier molecular flexibility index (Phi) is 10.2. The molecule has 5 N–H and O–H groups in total. The topological polar surface area (TPSA) is 202 Å². The van der Waals surface area contributed by atoms with Crippen LogP contribution in [0.25, 0.3) is 11.0 Å². The number of fused-ring (bicyclic) bond motifs is 1. The number of ether oxygens (including phenoxy) is 2. The van der Waals surface area contributed by atoms with Gasteiger partial charge in [-0.15, -0.1) is 0 Å². The minimum Gasteiger partial charge on any atom is -0.461 e. The van der Waals surface area contributed by atoms with Gasteiger partial charge in [-0.1, -0.05) is 24.6 Å². The van der Waals surface area contributed by atoms with Crippen LogP contribution in [-0.2, 0) is 23.4 Å². The number of aliphatic hydroxyl groups excluding tert-OH is 2. The summed E-state index contributed by atoms with van der Waals surface area (Å²) in [5, 5.41) is 24.3. The fourth-order valence-corrected chi connectivity index (χ4v) is 6.82. The molecule has 1 aromatic heterocycles.